The van der Waals surface area contributed by atoms with E-state index in [1.54, 1.807) is 7.11 Å². The Hall–Kier alpha value is -3.15. The van der Waals surface area contributed by atoms with Gasteiger partial charge >= 0.3 is 0 Å². The van der Waals surface area contributed by atoms with Gasteiger partial charge < -0.3 is 14.2 Å². The predicted molar refractivity (Wildman–Crippen MR) is 109 cm³/mol. The van der Waals surface area contributed by atoms with Gasteiger partial charge in [-0.3, -0.25) is 4.79 Å². The summed E-state index contributed by atoms with van der Waals surface area (Å²) in [4.78, 5) is 19.4. The van der Waals surface area contributed by atoms with Crippen LogP contribution >= 0.6 is 0 Å². The number of hydrogen-bond donors (Lipinski definition) is 0. The first kappa shape index (κ1) is 19.2. The zero-order chi connectivity index (χ0) is 20.2. The van der Waals surface area contributed by atoms with E-state index in [-0.39, 0.29) is 11.9 Å². The van der Waals surface area contributed by atoms with Gasteiger partial charge in [0, 0.05) is 18.5 Å². The SMILES string of the molecule is COc1cccc(CCC(=O)N2CCC[C@H]2c2nc(-c3cccc(C)c3)no2)c1. The molecule has 1 atom stereocenters. The number of methoxy groups -OCH3 is 1. The highest BCUT2D eigenvalue weighted by molar-refractivity contribution is 5.77. The Labute approximate surface area is 170 Å². The molecule has 0 bridgehead atoms. The average Bonchev–Trinajstić information content (AvgIpc) is 3.41. The lowest BCUT2D eigenvalue weighted by molar-refractivity contribution is -0.132. The molecule has 6 nitrogen and oxygen atoms in total. The Kier molecular flexibility index (Phi) is 5.60. The molecule has 6 heteroatoms. The third kappa shape index (κ3) is 4.31. The summed E-state index contributed by atoms with van der Waals surface area (Å²) in [6.45, 7) is 2.76. The maximum Gasteiger partial charge on any atom is 0.249 e. The lowest BCUT2D eigenvalue weighted by atomic mass is 10.1. The molecule has 0 aliphatic carbocycles. The largest absolute Gasteiger partial charge is 0.497 e. The number of benzene rings is 2. The highest BCUT2D eigenvalue weighted by Crippen LogP contribution is 2.32. The molecular weight excluding hydrogens is 366 g/mol. The third-order valence-electron chi connectivity index (χ3n) is 5.34. The van der Waals surface area contributed by atoms with Crippen LogP contribution in [0.1, 0.15) is 42.3 Å². The lowest BCUT2D eigenvalue weighted by Crippen LogP contribution is -2.30. The van der Waals surface area contributed by atoms with Crippen molar-refractivity contribution in [3.63, 3.8) is 0 Å². The fourth-order valence-electron chi connectivity index (χ4n) is 3.82. The van der Waals surface area contributed by atoms with Gasteiger partial charge in [0.05, 0.1) is 7.11 Å². The minimum Gasteiger partial charge on any atom is -0.497 e. The zero-order valence-electron chi connectivity index (χ0n) is 16.8. The van der Waals surface area contributed by atoms with E-state index in [9.17, 15) is 4.79 Å². The summed E-state index contributed by atoms with van der Waals surface area (Å²) >= 11 is 0. The summed E-state index contributed by atoms with van der Waals surface area (Å²) in [5, 5.41) is 4.14. The van der Waals surface area contributed by atoms with E-state index in [4.69, 9.17) is 9.26 Å². The van der Waals surface area contributed by atoms with Crippen molar-refractivity contribution >= 4 is 5.91 Å². The average molecular weight is 391 g/mol. The van der Waals surface area contributed by atoms with Crippen molar-refractivity contribution in [1.29, 1.82) is 0 Å². The standard InChI is InChI=1S/C23H25N3O3/c1-16-6-3-8-18(14-16)22-24-23(29-25-22)20-10-5-13-26(20)21(27)12-11-17-7-4-9-19(15-17)28-2/h3-4,6-9,14-15,20H,5,10-13H2,1-2H3/t20-/m0/s1. The maximum absolute atomic E-state index is 12.9. The number of carbonyl (C=O) groups excluding carboxylic acids is 1. The molecule has 1 amide bonds. The molecule has 1 aliphatic rings. The van der Waals surface area contributed by atoms with Crippen LogP contribution in [0.15, 0.2) is 53.1 Å². The van der Waals surface area contributed by atoms with Gasteiger partial charge in [-0.05, 0) is 49.9 Å². The van der Waals surface area contributed by atoms with E-state index in [0.29, 0.717) is 24.6 Å². The molecule has 2 heterocycles. The number of likely N-dealkylation sites (tertiary alicyclic amines) is 1. The molecule has 1 fully saturated rings. The van der Waals surface area contributed by atoms with E-state index in [2.05, 4.69) is 10.1 Å². The minimum atomic E-state index is -0.140. The van der Waals surface area contributed by atoms with Crippen molar-refractivity contribution in [3.05, 3.63) is 65.5 Å². The summed E-state index contributed by atoms with van der Waals surface area (Å²) in [5.74, 6) is 2.02. The highest BCUT2D eigenvalue weighted by Gasteiger charge is 2.33. The van der Waals surface area contributed by atoms with Crippen molar-refractivity contribution in [1.82, 2.24) is 15.0 Å². The molecule has 4 rings (SSSR count). The van der Waals surface area contributed by atoms with E-state index >= 15 is 0 Å². The predicted octanol–water partition coefficient (Wildman–Crippen LogP) is 4.35. The maximum atomic E-state index is 12.9. The number of aromatic nitrogens is 2. The molecule has 0 radical (unpaired) electrons. The molecule has 1 saturated heterocycles. The number of rotatable bonds is 6. The number of hydrogen-bond acceptors (Lipinski definition) is 5. The van der Waals surface area contributed by atoms with Crippen molar-refractivity contribution < 1.29 is 14.1 Å². The molecule has 0 N–H and O–H groups in total. The Bertz CT molecular complexity index is 998. The Morgan fingerprint density at radius 1 is 1.24 bits per heavy atom. The Morgan fingerprint density at radius 3 is 2.93 bits per heavy atom. The number of aryl methyl sites for hydroxylation is 2. The van der Waals surface area contributed by atoms with Gasteiger partial charge in [0.15, 0.2) is 0 Å². The van der Waals surface area contributed by atoms with E-state index in [1.165, 1.54) is 0 Å². The van der Waals surface area contributed by atoms with Gasteiger partial charge in [0.25, 0.3) is 0 Å². The number of carbonyl (C=O) groups is 1. The minimum absolute atomic E-state index is 0.116. The summed E-state index contributed by atoms with van der Waals surface area (Å²) in [7, 11) is 1.65. The molecule has 0 saturated carbocycles. The highest BCUT2D eigenvalue weighted by atomic mass is 16.5. The van der Waals surface area contributed by atoms with Crippen LogP contribution in [0.25, 0.3) is 11.4 Å². The normalized spacial score (nSPS) is 16.2. The first-order valence-corrected chi connectivity index (χ1v) is 9.97. The molecule has 29 heavy (non-hydrogen) atoms. The molecule has 2 aromatic carbocycles. The molecule has 150 valence electrons. The van der Waals surface area contributed by atoms with Gasteiger partial charge in [-0.1, -0.05) is 41.1 Å². The van der Waals surface area contributed by atoms with Gasteiger partial charge in [-0.2, -0.15) is 4.98 Å². The van der Waals surface area contributed by atoms with E-state index in [1.807, 2.05) is 60.4 Å². The smallest absolute Gasteiger partial charge is 0.249 e. The lowest BCUT2D eigenvalue weighted by Gasteiger charge is -2.22. The van der Waals surface area contributed by atoms with Crippen LogP contribution in [0.3, 0.4) is 0 Å². The third-order valence-corrected chi connectivity index (χ3v) is 5.34. The van der Waals surface area contributed by atoms with Crippen LogP contribution in [-0.4, -0.2) is 34.6 Å². The first-order valence-electron chi connectivity index (χ1n) is 9.97. The number of ether oxygens (including phenoxy) is 1. The zero-order valence-corrected chi connectivity index (χ0v) is 16.8. The van der Waals surface area contributed by atoms with Crippen molar-refractivity contribution in [2.45, 2.75) is 38.6 Å². The van der Waals surface area contributed by atoms with Crippen LogP contribution in [0.2, 0.25) is 0 Å². The van der Waals surface area contributed by atoms with Crippen LogP contribution < -0.4 is 4.74 Å². The molecule has 1 aliphatic heterocycles. The summed E-state index contributed by atoms with van der Waals surface area (Å²) in [6, 6.07) is 15.7. The second kappa shape index (κ2) is 8.47. The van der Waals surface area contributed by atoms with Gasteiger partial charge in [0.2, 0.25) is 17.6 Å². The summed E-state index contributed by atoms with van der Waals surface area (Å²) < 4.78 is 10.8. The number of amides is 1. The van der Waals surface area contributed by atoms with Gasteiger partial charge in [-0.25, -0.2) is 0 Å². The second-order valence-corrected chi connectivity index (χ2v) is 7.42. The quantitative estimate of drug-likeness (QED) is 0.625. The first-order chi connectivity index (χ1) is 14.1. The van der Waals surface area contributed by atoms with E-state index in [0.717, 1.165) is 41.8 Å². The Morgan fingerprint density at radius 2 is 2.10 bits per heavy atom. The van der Waals surface area contributed by atoms with Gasteiger partial charge in [0.1, 0.15) is 11.8 Å². The molecule has 3 aromatic rings. The second-order valence-electron chi connectivity index (χ2n) is 7.42. The van der Waals surface area contributed by atoms with Crippen LogP contribution in [-0.2, 0) is 11.2 Å². The molecule has 1 aromatic heterocycles. The molecule has 0 spiro atoms. The summed E-state index contributed by atoms with van der Waals surface area (Å²) in [6.07, 6.45) is 2.91. The molecule has 0 unspecified atom stereocenters. The number of nitrogens with zero attached hydrogens (tertiary/aromatic N) is 3. The van der Waals surface area contributed by atoms with Gasteiger partial charge in [-0.15, -0.1) is 0 Å². The summed E-state index contributed by atoms with van der Waals surface area (Å²) in [5.41, 5.74) is 3.16. The van der Waals surface area contributed by atoms with Crippen LogP contribution in [0.5, 0.6) is 5.75 Å². The topological polar surface area (TPSA) is 68.5 Å². The van der Waals surface area contributed by atoms with Crippen molar-refractivity contribution in [2.24, 2.45) is 0 Å². The fraction of sp³-hybridized carbons (Fsp3) is 0.348. The van der Waals surface area contributed by atoms with Crippen LogP contribution in [0.4, 0.5) is 0 Å². The van der Waals surface area contributed by atoms with Crippen molar-refractivity contribution in [2.75, 3.05) is 13.7 Å². The fourth-order valence-corrected chi connectivity index (χ4v) is 3.82. The Balaban J connectivity index is 1.44. The van der Waals surface area contributed by atoms with E-state index < -0.39 is 0 Å². The van der Waals surface area contributed by atoms with Crippen molar-refractivity contribution in [3.8, 4) is 17.1 Å². The van der Waals surface area contributed by atoms with Crippen LogP contribution in [0, 0.1) is 6.92 Å². The molecular formula is C23H25N3O3. The monoisotopic (exact) mass is 391 g/mol.